The van der Waals surface area contributed by atoms with Crippen LogP contribution in [0.2, 0.25) is 0 Å². The lowest BCUT2D eigenvalue weighted by molar-refractivity contribution is 0.282. The Balaban J connectivity index is 2.82. The number of hydrogen-bond acceptors (Lipinski definition) is 5. The Bertz CT molecular complexity index is 256. The van der Waals surface area contributed by atoms with E-state index in [4.69, 9.17) is 15.8 Å². The molecule has 0 saturated heterocycles. The van der Waals surface area contributed by atoms with Gasteiger partial charge in [-0.3, -0.25) is 0 Å². The van der Waals surface area contributed by atoms with Gasteiger partial charge in [0, 0.05) is 18.3 Å². The van der Waals surface area contributed by atoms with Crippen molar-refractivity contribution in [1.29, 1.82) is 0 Å². The monoisotopic (exact) mass is 168 g/mol. The minimum atomic E-state index is -1.86. The van der Waals surface area contributed by atoms with Crippen molar-refractivity contribution in [2.45, 2.75) is 6.54 Å². The summed E-state index contributed by atoms with van der Waals surface area (Å²) >= 11 is 0. The molecule has 0 unspecified atom stereocenters. The van der Waals surface area contributed by atoms with Crippen LogP contribution in [0.4, 0.5) is 0 Å². The highest BCUT2D eigenvalue weighted by molar-refractivity contribution is 6.33. The van der Waals surface area contributed by atoms with Crippen LogP contribution in [0.1, 0.15) is 5.56 Å². The molecule has 0 saturated carbocycles. The standard InChI is InChI=1S/C6H9BN2O3/c8-4-5-2-1-3-9-6(5)12-7(10)11/h1-3,10-11H,4,8H2. The molecule has 5 nitrogen and oxygen atoms in total. The van der Waals surface area contributed by atoms with Crippen molar-refractivity contribution in [3.05, 3.63) is 23.9 Å². The van der Waals surface area contributed by atoms with E-state index in [1.807, 2.05) is 0 Å². The van der Waals surface area contributed by atoms with E-state index in [1.54, 1.807) is 12.1 Å². The Morgan fingerprint density at radius 1 is 1.58 bits per heavy atom. The molecule has 64 valence electrons. The second-order valence-corrected chi connectivity index (χ2v) is 2.12. The van der Waals surface area contributed by atoms with Gasteiger partial charge in [-0.15, -0.1) is 0 Å². The second-order valence-electron chi connectivity index (χ2n) is 2.12. The van der Waals surface area contributed by atoms with E-state index in [1.165, 1.54) is 6.20 Å². The average molecular weight is 168 g/mol. The van der Waals surface area contributed by atoms with Crippen LogP contribution < -0.4 is 10.4 Å². The van der Waals surface area contributed by atoms with Crippen molar-refractivity contribution < 1.29 is 14.7 Å². The van der Waals surface area contributed by atoms with Crippen molar-refractivity contribution in [1.82, 2.24) is 4.98 Å². The minimum absolute atomic E-state index is 0.148. The predicted octanol–water partition coefficient (Wildman–Crippen LogP) is -1.11. The third-order valence-corrected chi connectivity index (χ3v) is 1.29. The first-order valence-electron chi connectivity index (χ1n) is 3.41. The lowest BCUT2D eigenvalue weighted by atomic mass is 10.2. The Labute approximate surface area is 70.0 Å². The largest absolute Gasteiger partial charge is 0.708 e. The summed E-state index contributed by atoms with van der Waals surface area (Å²) in [6.07, 6.45) is 1.48. The Hall–Kier alpha value is -1.11. The molecule has 1 aromatic heterocycles. The van der Waals surface area contributed by atoms with Gasteiger partial charge in [-0.25, -0.2) is 4.98 Å². The molecule has 0 aliphatic carbocycles. The zero-order chi connectivity index (χ0) is 8.97. The number of rotatable bonds is 3. The third-order valence-electron chi connectivity index (χ3n) is 1.29. The highest BCUT2D eigenvalue weighted by atomic mass is 16.6. The van der Waals surface area contributed by atoms with Gasteiger partial charge in [-0.1, -0.05) is 6.07 Å². The van der Waals surface area contributed by atoms with Gasteiger partial charge in [0.05, 0.1) is 0 Å². The smallest absolute Gasteiger partial charge is 0.497 e. The van der Waals surface area contributed by atoms with Crippen molar-refractivity contribution in [3.8, 4) is 5.88 Å². The molecular weight excluding hydrogens is 159 g/mol. The molecule has 0 atom stereocenters. The molecule has 0 bridgehead atoms. The van der Waals surface area contributed by atoms with Crippen LogP contribution in [0.25, 0.3) is 0 Å². The van der Waals surface area contributed by atoms with Gasteiger partial charge in [0.2, 0.25) is 5.88 Å². The Kier molecular flexibility index (Phi) is 3.04. The first kappa shape index (κ1) is 8.99. The van der Waals surface area contributed by atoms with Crippen LogP contribution in [0.15, 0.2) is 18.3 Å². The molecule has 0 aliphatic rings. The summed E-state index contributed by atoms with van der Waals surface area (Å²) in [5.41, 5.74) is 5.97. The second kappa shape index (κ2) is 4.05. The van der Waals surface area contributed by atoms with E-state index in [0.717, 1.165) is 0 Å². The first-order chi connectivity index (χ1) is 5.74. The Morgan fingerprint density at radius 3 is 2.92 bits per heavy atom. The molecule has 1 heterocycles. The maximum Gasteiger partial charge on any atom is 0.708 e. The summed E-state index contributed by atoms with van der Waals surface area (Å²) < 4.78 is 4.56. The van der Waals surface area contributed by atoms with E-state index in [2.05, 4.69) is 9.64 Å². The predicted molar refractivity (Wildman–Crippen MR) is 42.9 cm³/mol. The molecule has 6 heteroatoms. The van der Waals surface area contributed by atoms with Crippen molar-refractivity contribution in [2.24, 2.45) is 5.73 Å². The normalized spacial score (nSPS) is 9.58. The summed E-state index contributed by atoms with van der Waals surface area (Å²) in [6, 6.07) is 3.39. The SMILES string of the molecule is NCc1cccnc1OB(O)O. The number of hydrogen-bond donors (Lipinski definition) is 3. The van der Waals surface area contributed by atoms with Gasteiger partial charge in [-0.2, -0.15) is 0 Å². The number of aromatic nitrogens is 1. The third kappa shape index (κ3) is 2.19. The van der Waals surface area contributed by atoms with Crippen LogP contribution in [0.3, 0.4) is 0 Å². The van der Waals surface area contributed by atoms with E-state index < -0.39 is 7.32 Å². The minimum Gasteiger partial charge on any atom is -0.497 e. The maximum absolute atomic E-state index is 8.48. The van der Waals surface area contributed by atoms with E-state index in [-0.39, 0.29) is 12.4 Å². The van der Waals surface area contributed by atoms with Crippen LogP contribution in [-0.2, 0) is 6.54 Å². The zero-order valence-corrected chi connectivity index (χ0v) is 6.34. The molecule has 1 rings (SSSR count). The lowest BCUT2D eigenvalue weighted by Gasteiger charge is -2.06. The number of nitrogens with two attached hydrogens (primary N) is 1. The van der Waals surface area contributed by atoms with E-state index >= 15 is 0 Å². The highest BCUT2D eigenvalue weighted by Gasteiger charge is 2.13. The summed E-state index contributed by atoms with van der Waals surface area (Å²) in [6.45, 7) is 0.246. The summed E-state index contributed by atoms with van der Waals surface area (Å²) in [7, 11) is -1.86. The molecule has 0 amide bonds. The van der Waals surface area contributed by atoms with Gasteiger partial charge >= 0.3 is 7.32 Å². The topological polar surface area (TPSA) is 88.6 Å². The maximum atomic E-state index is 8.48. The summed E-state index contributed by atoms with van der Waals surface area (Å²) in [5.74, 6) is 0.148. The zero-order valence-electron chi connectivity index (χ0n) is 6.34. The Morgan fingerprint density at radius 2 is 2.33 bits per heavy atom. The molecule has 4 N–H and O–H groups in total. The van der Waals surface area contributed by atoms with Crippen molar-refractivity contribution in [3.63, 3.8) is 0 Å². The van der Waals surface area contributed by atoms with Crippen molar-refractivity contribution in [2.75, 3.05) is 0 Å². The van der Waals surface area contributed by atoms with Gasteiger partial charge in [-0.05, 0) is 6.07 Å². The van der Waals surface area contributed by atoms with Gasteiger partial charge < -0.3 is 20.4 Å². The molecule has 12 heavy (non-hydrogen) atoms. The van der Waals surface area contributed by atoms with Crippen molar-refractivity contribution >= 4 is 7.32 Å². The van der Waals surface area contributed by atoms with Crippen LogP contribution in [0, 0.1) is 0 Å². The summed E-state index contributed by atoms with van der Waals surface area (Å²) in [4.78, 5) is 3.77. The number of nitrogens with zero attached hydrogens (tertiary/aromatic N) is 1. The molecule has 1 aromatic rings. The lowest BCUT2D eigenvalue weighted by Crippen LogP contribution is -2.22. The van der Waals surface area contributed by atoms with Gasteiger partial charge in [0.15, 0.2) is 0 Å². The molecular formula is C6H9BN2O3. The van der Waals surface area contributed by atoms with Gasteiger partial charge in [0.25, 0.3) is 0 Å². The van der Waals surface area contributed by atoms with E-state index in [9.17, 15) is 0 Å². The quantitative estimate of drug-likeness (QED) is 0.498. The molecule has 0 fully saturated rings. The molecule has 0 spiro atoms. The fraction of sp³-hybridized carbons (Fsp3) is 0.167. The molecule has 0 radical (unpaired) electrons. The average Bonchev–Trinajstić information content (AvgIpc) is 2.04. The fourth-order valence-corrected chi connectivity index (χ4v) is 0.785. The molecule has 0 aromatic carbocycles. The highest BCUT2D eigenvalue weighted by Crippen LogP contribution is 2.12. The summed E-state index contributed by atoms with van der Waals surface area (Å²) in [5, 5.41) is 17.0. The van der Waals surface area contributed by atoms with Gasteiger partial charge in [0.1, 0.15) is 0 Å². The molecule has 0 aliphatic heterocycles. The number of pyridine rings is 1. The van der Waals surface area contributed by atoms with Crippen LogP contribution in [0.5, 0.6) is 5.88 Å². The van der Waals surface area contributed by atoms with Crippen LogP contribution in [-0.4, -0.2) is 22.4 Å². The van der Waals surface area contributed by atoms with Crippen LogP contribution >= 0.6 is 0 Å². The van der Waals surface area contributed by atoms with E-state index in [0.29, 0.717) is 5.56 Å². The first-order valence-corrected chi connectivity index (χ1v) is 3.41. The fourth-order valence-electron chi connectivity index (χ4n) is 0.785.